The summed E-state index contributed by atoms with van der Waals surface area (Å²) < 4.78 is 5.01. The summed E-state index contributed by atoms with van der Waals surface area (Å²) in [6.45, 7) is 1.75. The molecule has 0 heterocycles. The third kappa shape index (κ3) is 1.81. The summed E-state index contributed by atoms with van der Waals surface area (Å²) in [7, 11) is 1.60. The van der Waals surface area contributed by atoms with Gasteiger partial charge in [-0.15, -0.1) is 0 Å². The van der Waals surface area contributed by atoms with E-state index in [1.807, 2.05) is 24.3 Å². The Balaban J connectivity index is 2.93. The zero-order valence-corrected chi connectivity index (χ0v) is 7.15. The Morgan fingerprint density at radius 3 is 2.83 bits per heavy atom. The number of benzene rings is 1. The Morgan fingerprint density at radius 2 is 2.25 bits per heavy atom. The first-order valence-corrected chi connectivity index (χ1v) is 3.74. The Morgan fingerprint density at radius 1 is 1.50 bits per heavy atom. The predicted molar refractivity (Wildman–Crippen MR) is 47.2 cm³/mol. The third-order valence-corrected chi connectivity index (χ3v) is 1.73. The van der Waals surface area contributed by atoms with Crippen molar-refractivity contribution in [3.8, 4) is 5.75 Å². The standard InChI is InChI=1S/C9H11NO2/c1-7(10-11)8-4-3-5-9(6-8)12-2/h3-7H,1-2H3. The van der Waals surface area contributed by atoms with E-state index >= 15 is 0 Å². The molecule has 1 aromatic rings. The summed E-state index contributed by atoms with van der Waals surface area (Å²) in [6.07, 6.45) is 0. The van der Waals surface area contributed by atoms with Crippen LogP contribution in [0.15, 0.2) is 29.4 Å². The number of hydrogen-bond acceptors (Lipinski definition) is 3. The van der Waals surface area contributed by atoms with Gasteiger partial charge < -0.3 is 4.74 Å². The summed E-state index contributed by atoms with van der Waals surface area (Å²) >= 11 is 0. The smallest absolute Gasteiger partial charge is 0.119 e. The van der Waals surface area contributed by atoms with Gasteiger partial charge in [0, 0.05) is 0 Å². The van der Waals surface area contributed by atoms with Crippen LogP contribution in [0.4, 0.5) is 0 Å². The molecular weight excluding hydrogens is 154 g/mol. The van der Waals surface area contributed by atoms with Gasteiger partial charge in [0.1, 0.15) is 11.8 Å². The van der Waals surface area contributed by atoms with Crippen molar-refractivity contribution in [2.75, 3.05) is 7.11 Å². The largest absolute Gasteiger partial charge is 0.497 e. The Hall–Kier alpha value is -1.38. The van der Waals surface area contributed by atoms with Crippen LogP contribution in [0.2, 0.25) is 0 Å². The van der Waals surface area contributed by atoms with Crippen LogP contribution in [0.3, 0.4) is 0 Å². The topological polar surface area (TPSA) is 38.7 Å². The molecule has 0 saturated heterocycles. The van der Waals surface area contributed by atoms with E-state index in [4.69, 9.17) is 4.74 Å². The van der Waals surface area contributed by atoms with E-state index in [2.05, 4.69) is 5.18 Å². The van der Waals surface area contributed by atoms with E-state index in [9.17, 15) is 4.91 Å². The molecule has 0 aliphatic rings. The highest BCUT2D eigenvalue weighted by molar-refractivity contribution is 5.30. The SMILES string of the molecule is COc1cccc(C(C)N=O)c1. The van der Waals surface area contributed by atoms with Gasteiger partial charge >= 0.3 is 0 Å². The van der Waals surface area contributed by atoms with Crippen LogP contribution in [-0.4, -0.2) is 7.11 Å². The maximum absolute atomic E-state index is 10.2. The van der Waals surface area contributed by atoms with Crippen molar-refractivity contribution in [1.29, 1.82) is 0 Å². The van der Waals surface area contributed by atoms with Crippen molar-refractivity contribution in [2.24, 2.45) is 5.18 Å². The zero-order chi connectivity index (χ0) is 8.97. The van der Waals surface area contributed by atoms with Gasteiger partial charge in [-0.25, -0.2) is 0 Å². The number of hydrogen-bond donors (Lipinski definition) is 0. The van der Waals surface area contributed by atoms with Crippen LogP contribution in [0, 0.1) is 4.91 Å². The molecule has 0 aromatic heterocycles. The number of ether oxygens (including phenoxy) is 1. The fourth-order valence-electron chi connectivity index (χ4n) is 0.962. The summed E-state index contributed by atoms with van der Waals surface area (Å²) in [5.74, 6) is 0.753. The van der Waals surface area contributed by atoms with Crippen LogP contribution in [0.5, 0.6) is 5.75 Å². The molecular formula is C9H11NO2. The molecule has 0 spiro atoms. The van der Waals surface area contributed by atoms with Gasteiger partial charge in [0.2, 0.25) is 0 Å². The molecule has 0 fully saturated rings. The van der Waals surface area contributed by atoms with Gasteiger partial charge in [-0.1, -0.05) is 17.3 Å². The first kappa shape index (κ1) is 8.71. The number of methoxy groups -OCH3 is 1. The molecule has 0 amide bonds. The molecule has 1 rings (SSSR count). The first-order valence-electron chi connectivity index (χ1n) is 3.74. The molecule has 12 heavy (non-hydrogen) atoms. The Labute approximate surface area is 71.3 Å². The zero-order valence-electron chi connectivity index (χ0n) is 7.15. The lowest BCUT2D eigenvalue weighted by Crippen LogP contribution is -1.89. The lowest BCUT2D eigenvalue weighted by atomic mass is 10.1. The number of nitroso groups, excluding NO2 is 1. The van der Waals surface area contributed by atoms with E-state index in [1.54, 1.807) is 14.0 Å². The minimum Gasteiger partial charge on any atom is -0.497 e. The Kier molecular flexibility index (Phi) is 2.80. The molecule has 0 aliphatic carbocycles. The molecule has 3 nitrogen and oxygen atoms in total. The van der Waals surface area contributed by atoms with Crippen molar-refractivity contribution in [2.45, 2.75) is 13.0 Å². The molecule has 0 bridgehead atoms. The molecule has 3 heteroatoms. The molecule has 1 atom stereocenters. The maximum Gasteiger partial charge on any atom is 0.119 e. The fraction of sp³-hybridized carbons (Fsp3) is 0.333. The Bertz CT molecular complexity index is 273. The number of rotatable bonds is 3. The average molecular weight is 165 g/mol. The molecule has 64 valence electrons. The molecule has 0 aliphatic heterocycles. The summed E-state index contributed by atoms with van der Waals surface area (Å²) in [5, 5.41) is 2.93. The van der Waals surface area contributed by atoms with Crippen molar-refractivity contribution < 1.29 is 4.74 Å². The van der Waals surface area contributed by atoms with Crippen LogP contribution >= 0.6 is 0 Å². The second-order valence-corrected chi connectivity index (χ2v) is 2.56. The van der Waals surface area contributed by atoms with Crippen LogP contribution in [0.1, 0.15) is 18.5 Å². The van der Waals surface area contributed by atoms with Crippen molar-refractivity contribution >= 4 is 0 Å². The monoisotopic (exact) mass is 165 g/mol. The summed E-state index contributed by atoms with van der Waals surface area (Å²) in [6, 6.07) is 7.04. The van der Waals surface area contributed by atoms with E-state index < -0.39 is 0 Å². The van der Waals surface area contributed by atoms with Crippen LogP contribution < -0.4 is 4.74 Å². The van der Waals surface area contributed by atoms with E-state index in [0.29, 0.717) is 0 Å². The van der Waals surface area contributed by atoms with E-state index in [0.717, 1.165) is 11.3 Å². The van der Waals surface area contributed by atoms with E-state index in [-0.39, 0.29) is 6.04 Å². The highest BCUT2D eigenvalue weighted by atomic mass is 16.5. The van der Waals surface area contributed by atoms with Crippen LogP contribution in [0.25, 0.3) is 0 Å². The normalized spacial score (nSPS) is 12.2. The lowest BCUT2D eigenvalue weighted by Gasteiger charge is -2.04. The highest BCUT2D eigenvalue weighted by Gasteiger charge is 2.04. The first-order chi connectivity index (χ1) is 5.77. The molecule has 1 aromatic carbocycles. The number of nitrogens with zero attached hydrogens (tertiary/aromatic N) is 1. The van der Waals surface area contributed by atoms with Crippen molar-refractivity contribution in [1.82, 2.24) is 0 Å². The lowest BCUT2D eigenvalue weighted by molar-refractivity contribution is 0.414. The molecule has 0 saturated carbocycles. The molecule has 0 radical (unpaired) electrons. The molecule has 1 unspecified atom stereocenters. The third-order valence-electron chi connectivity index (χ3n) is 1.73. The molecule has 0 N–H and O–H groups in total. The highest BCUT2D eigenvalue weighted by Crippen LogP contribution is 2.20. The summed E-state index contributed by atoms with van der Waals surface area (Å²) in [5.41, 5.74) is 0.879. The van der Waals surface area contributed by atoms with Crippen molar-refractivity contribution in [3.63, 3.8) is 0 Å². The van der Waals surface area contributed by atoms with Gasteiger partial charge in [0.15, 0.2) is 0 Å². The van der Waals surface area contributed by atoms with Gasteiger partial charge in [-0.3, -0.25) is 0 Å². The maximum atomic E-state index is 10.2. The second kappa shape index (κ2) is 3.85. The van der Waals surface area contributed by atoms with Gasteiger partial charge in [0.05, 0.1) is 7.11 Å². The average Bonchev–Trinajstić information content (AvgIpc) is 2.17. The van der Waals surface area contributed by atoms with Gasteiger partial charge in [-0.05, 0) is 24.6 Å². The van der Waals surface area contributed by atoms with Gasteiger partial charge in [-0.2, -0.15) is 4.91 Å². The van der Waals surface area contributed by atoms with E-state index in [1.165, 1.54) is 0 Å². The minimum absolute atomic E-state index is 0.305. The van der Waals surface area contributed by atoms with Crippen LogP contribution in [-0.2, 0) is 0 Å². The fourth-order valence-corrected chi connectivity index (χ4v) is 0.962. The second-order valence-electron chi connectivity index (χ2n) is 2.56. The predicted octanol–water partition coefficient (Wildman–Crippen LogP) is 2.52. The van der Waals surface area contributed by atoms with Gasteiger partial charge in [0.25, 0.3) is 0 Å². The summed E-state index contributed by atoms with van der Waals surface area (Å²) in [4.78, 5) is 10.2. The quantitative estimate of drug-likeness (QED) is 0.645. The van der Waals surface area contributed by atoms with Crippen molar-refractivity contribution in [3.05, 3.63) is 34.7 Å². The minimum atomic E-state index is -0.305.